The summed E-state index contributed by atoms with van der Waals surface area (Å²) in [5.74, 6) is -0.0567. The van der Waals surface area contributed by atoms with E-state index in [4.69, 9.17) is 4.42 Å². The first-order chi connectivity index (χ1) is 13.6. The molecule has 0 aliphatic heterocycles. The van der Waals surface area contributed by atoms with Crippen LogP contribution in [0.1, 0.15) is 40.2 Å². The predicted octanol–water partition coefficient (Wildman–Crippen LogP) is 2.45. The molecule has 0 saturated carbocycles. The molecule has 0 aromatic carbocycles. The number of nitrogens with one attached hydrogen (secondary N) is 1. The van der Waals surface area contributed by atoms with E-state index in [0.717, 1.165) is 40.7 Å². The number of furan rings is 1. The molecule has 0 spiro atoms. The largest absolute Gasteiger partial charge is 0.494 e. The molecular formula is C19H16N4O4S. The summed E-state index contributed by atoms with van der Waals surface area (Å²) in [5.41, 5.74) is -0.0915. The molecular weight excluding hydrogens is 380 g/mol. The zero-order valence-corrected chi connectivity index (χ0v) is 15.6. The zero-order valence-electron chi connectivity index (χ0n) is 14.8. The summed E-state index contributed by atoms with van der Waals surface area (Å²) in [6.45, 7) is -0.0357. The Morgan fingerprint density at radius 2 is 2.21 bits per heavy atom. The summed E-state index contributed by atoms with van der Waals surface area (Å²) < 4.78 is 6.19. The number of nitriles is 1. The minimum atomic E-state index is -0.750. The van der Waals surface area contributed by atoms with Gasteiger partial charge in [0.1, 0.15) is 22.4 Å². The van der Waals surface area contributed by atoms with Gasteiger partial charge in [0.05, 0.1) is 18.4 Å². The van der Waals surface area contributed by atoms with Crippen LogP contribution in [0.4, 0.5) is 5.00 Å². The van der Waals surface area contributed by atoms with E-state index in [2.05, 4.69) is 16.0 Å². The van der Waals surface area contributed by atoms with Gasteiger partial charge in [-0.1, -0.05) is 0 Å². The zero-order chi connectivity index (χ0) is 19.7. The lowest BCUT2D eigenvalue weighted by Gasteiger charge is -2.09. The van der Waals surface area contributed by atoms with Crippen molar-refractivity contribution in [1.29, 1.82) is 5.26 Å². The second kappa shape index (κ2) is 7.32. The van der Waals surface area contributed by atoms with Crippen LogP contribution in [0.25, 0.3) is 0 Å². The van der Waals surface area contributed by atoms with Gasteiger partial charge in [-0.05, 0) is 43.4 Å². The number of hydrogen-bond donors (Lipinski definition) is 2. The molecule has 0 saturated heterocycles. The molecule has 0 fully saturated rings. The molecule has 0 radical (unpaired) electrons. The van der Waals surface area contributed by atoms with Crippen LogP contribution in [0, 0.1) is 11.3 Å². The van der Waals surface area contributed by atoms with E-state index in [9.17, 15) is 20.0 Å². The average molecular weight is 396 g/mol. The van der Waals surface area contributed by atoms with Crippen molar-refractivity contribution in [2.24, 2.45) is 4.99 Å². The molecule has 3 aromatic heterocycles. The molecule has 9 heteroatoms. The highest BCUT2D eigenvalue weighted by atomic mass is 32.1. The van der Waals surface area contributed by atoms with Crippen LogP contribution in [-0.2, 0) is 19.4 Å². The molecule has 0 amide bonds. The Balaban J connectivity index is 1.74. The topological polar surface area (TPSA) is 124 Å². The Hall–Kier alpha value is -3.38. The van der Waals surface area contributed by atoms with Gasteiger partial charge < -0.3 is 9.52 Å². The number of aryl methyl sites for hydroxylation is 1. The number of fused-ring (bicyclic) bond motifs is 1. The van der Waals surface area contributed by atoms with E-state index in [0.29, 0.717) is 16.3 Å². The molecule has 142 valence electrons. The second-order valence-corrected chi connectivity index (χ2v) is 7.51. The van der Waals surface area contributed by atoms with Crippen LogP contribution >= 0.6 is 11.3 Å². The Morgan fingerprint density at radius 3 is 2.96 bits per heavy atom. The monoisotopic (exact) mass is 396 g/mol. The van der Waals surface area contributed by atoms with Gasteiger partial charge in [-0.3, -0.25) is 14.3 Å². The highest BCUT2D eigenvalue weighted by Gasteiger charge is 2.21. The average Bonchev–Trinajstić information content (AvgIpc) is 3.31. The summed E-state index contributed by atoms with van der Waals surface area (Å²) in [5, 5.41) is 20.5. The van der Waals surface area contributed by atoms with Crippen LogP contribution < -0.4 is 11.2 Å². The maximum Gasteiger partial charge on any atom is 0.331 e. The van der Waals surface area contributed by atoms with Crippen molar-refractivity contribution in [1.82, 2.24) is 9.55 Å². The SMILES string of the molecule is N#Cc1c(N=Cc2c(O)n(Cc3ccco3)c(=O)[nH]c2=O)sc2c1CCCC2. The van der Waals surface area contributed by atoms with Crippen LogP contribution in [-0.4, -0.2) is 20.9 Å². The Kier molecular flexibility index (Phi) is 4.71. The number of aromatic hydroxyl groups is 1. The van der Waals surface area contributed by atoms with Crippen molar-refractivity contribution in [2.45, 2.75) is 32.2 Å². The second-order valence-electron chi connectivity index (χ2n) is 6.42. The van der Waals surface area contributed by atoms with Crippen molar-refractivity contribution < 1.29 is 9.52 Å². The van der Waals surface area contributed by atoms with Gasteiger partial charge >= 0.3 is 5.69 Å². The van der Waals surface area contributed by atoms with Crippen molar-refractivity contribution in [3.63, 3.8) is 0 Å². The molecule has 0 unspecified atom stereocenters. The summed E-state index contributed by atoms with van der Waals surface area (Å²) in [7, 11) is 0. The number of thiophene rings is 1. The lowest BCUT2D eigenvalue weighted by atomic mass is 9.96. The maximum absolute atomic E-state index is 12.2. The third-order valence-corrected chi connectivity index (χ3v) is 5.88. The first kappa shape index (κ1) is 18.0. The van der Waals surface area contributed by atoms with E-state index in [-0.39, 0.29) is 12.1 Å². The fourth-order valence-electron chi connectivity index (χ4n) is 3.28. The molecule has 1 aliphatic carbocycles. The van der Waals surface area contributed by atoms with E-state index in [1.807, 2.05) is 0 Å². The van der Waals surface area contributed by atoms with E-state index in [1.54, 1.807) is 12.1 Å². The van der Waals surface area contributed by atoms with Gasteiger partial charge in [0.15, 0.2) is 0 Å². The van der Waals surface area contributed by atoms with Gasteiger partial charge in [-0.25, -0.2) is 9.79 Å². The van der Waals surface area contributed by atoms with Crippen LogP contribution in [0.3, 0.4) is 0 Å². The molecule has 0 atom stereocenters. The van der Waals surface area contributed by atoms with Crippen molar-refractivity contribution in [3.8, 4) is 11.9 Å². The molecule has 3 aromatic rings. The molecule has 8 nitrogen and oxygen atoms in total. The molecule has 28 heavy (non-hydrogen) atoms. The summed E-state index contributed by atoms with van der Waals surface area (Å²) in [6, 6.07) is 5.51. The molecule has 0 bridgehead atoms. The van der Waals surface area contributed by atoms with E-state index < -0.39 is 17.1 Å². The van der Waals surface area contributed by atoms with Gasteiger partial charge in [0, 0.05) is 11.1 Å². The normalized spacial score (nSPS) is 13.5. The van der Waals surface area contributed by atoms with Gasteiger partial charge in [-0.2, -0.15) is 5.26 Å². The summed E-state index contributed by atoms with van der Waals surface area (Å²) in [6.07, 6.45) is 6.55. The summed E-state index contributed by atoms with van der Waals surface area (Å²) in [4.78, 5) is 31.9. The summed E-state index contributed by atoms with van der Waals surface area (Å²) >= 11 is 1.43. The Bertz CT molecular complexity index is 1210. The molecule has 4 rings (SSSR count). The molecule has 2 N–H and O–H groups in total. The first-order valence-corrected chi connectivity index (χ1v) is 9.57. The Morgan fingerprint density at radius 1 is 1.39 bits per heavy atom. The standard InChI is InChI=1S/C19H16N4O4S/c20-8-13-12-5-1-2-6-15(12)28-17(13)21-9-14-16(24)22-19(26)23(18(14)25)10-11-4-3-7-27-11/h3-4,7,9,25H,1-2,5-6,10H2,(H,22,24,26). The third-order valence-electron chi connectivity index (χ3n) is 4.68. The number of rotatable bonds is 4. The lowest BCUT2D eigenvalue weighted by Crippen LogP contribution is -2.32. The van der Waals surface area contributed by atoms with Gasteiger partial charge in [0.25, 0.3) is 5.56 Å². The number of aromatic amines is 1. The highest BCUT2D eigenvalue weighted by Crippen LogP contribution is 2.39. The fraction of sp³-hybridized carbons (Fsp3) is 0.263. The van der Waals surface area contributed by atoms with Crippen molar-refractivity contribution in [3.05, 3.63) is 66.6 Å². The van der Waals surface area contributed by atoms with Crippen molar-refractivity contribution in [2.75, 3.05) is 0 Å². The quantitative estimate of drug-likeness (QED) is 0.656. The number of hydrogen-bond acceptors (Lipinski definition) is 7. The fourth-order valence-corrected chi connectivity index (χ4v) is 4.46. The van der Waals surface area contributed by atoms with Gasteiger partial charge in [-0.15, -0.1) is 11.3 Å². The number of aromatic nitrogens is 2. The lowest BCUT2D eigenvalue weighted by molar-refractivity contribution is 0.392. The number of aliphatic imine (C=N–C) groups is 1. The predicted molar refractivity (Wildman–Crippen MR) is 104 cm³/mol. The maximum atomic E-state index is 12.2. The molecule has 1 aliphatic rings. The van der Waals surface area contributed by atoms with Gasteiger partial charge in [0.2, 0.25) is 5.88 Å². The number of H-pyrrole nitrogens is 1. The van der Waals surface area contributed by atoms with Crippen LogP contribution in [0.15, 0.2) is 37.4 Å². The smallest absolute Gasteiger partial charge is 0.331 e. The minimum absolute atomic E-state index is 0.0357. The number of nitrogens with zero attached hydrogens (tertiary/aromatic N) is 3. The van der Waals surface area contributed by atoms with E-state index >= 15 is 0 Å². The minimum Gasteiger partial charge on any atom is -0.494 e. The van der Waals surface area contributed by atoms with E-state index in [1.165, 1.54) is 23.8 Å². The first-order valence-electron chi connectivity index (χ1n) is 8.75. The van der Waals surface area contributed by atoms with Crippen molar-refractivity contribution >= 4 is 22.6 Å². The highest BCUT2D eigenvalue weighted by molar-refractivity contribution is 7.16. The third kappa shape index (κ3) is 3.18. The Labute approximate surface area is 163 Å². The van der Waals surface area contributed by atoms with Crippen LogP contribution in [0.2, 0.25) is 0 Å². The molecule has 3 heterocycles. The van der Waals surface area contributed by atoms with Crippen LogP contribution in [0.5, 0.6) is 5.88 Å².